The molecule has 0 aromatic carbocycles. The predicted molar refractivity (Wildman–Crippen MR) is 42.2 cm³/mol. The average Bonchev–Trinajstić information content (AvgIpc) is 2.04. The van der Waals surface area contributed by atoms with Crippen LogP contribution < -0.4 is 11.3 Å². The number of hydrogen-bond donors (Lipinski definition) is 2. The van der Waals surface area contributed by atoms with E-state index in [2.05, 4.69) is 0 Å². The Morgan fingerprint density at radius 1 is 1.62 bits per heavy atom. The van der Waals surface area contributed by atoms with Gasteiger partial charge < -0.3 is 10.7 Å². The van der Waals surface area contributed by atoms with Gasteiger partial charge in [0.05, 0.1) is 11.1 Å². The minimum atomic E-state index is -0.995. The molecule has 0 fully saturated rings. The summed E-state index contributed by atoms with van der Waals surface area (Å²) in [6.45, 7) is 0. The fraction of sp³-hybridized carbons (Fsp3) is 0. The second kappa shape index (κ2) is 3.05. The number of rotatable bonds is 2. The summed E-state index contributed by atoms with van der Waals surface area (Å²) < 4.78 is 0. The molecule has 0 saturated heterocycles. The van der Waals surface area contributed by atoms with Crippen LogP contribution in [-0.4, -0.2) is 15.8 Å². The number of hydrogen-bond acceptors (Lipinski definition) is 4. The number of amides is 1. The summed E-state index contributed by atoms with van der Waals surface area (Å²) in [4.78, 5) is 33.0. The monoisotopic (exact) mass is 183 g/mol. The number of pyridine rings is 1. The summed E-state index contributed by atoms with van der Waals surface area (Å²) in [7, 11) is 0. The number of H-pyrrole nitrogens is 1. The van der Waals surface area contributed by atoms with Crippen LogP contribution in [-0.2, 0) is 0 Å². The standard InChI is InChI=1S/C6H5N3O4/c7-5(10)4-1-3(9(12)13)2-8-6(4)11/h1-2H,(H2,7,10)(H,8,11). The first-order chi connectivity index (χ1) is 6.02. The van der Waals surface area contributed by atoms with Gasteiger partial charge >= 0.3 is 0 Å². The first-order valence-electron chi connectivity index (χ1n) is 3.19. The zero-order valence-electron chi connectivity index (χ0n) is 6.31. The topological polar surface area (TPSA) is 119 Å². The smallest absolute Gasteiger partial charge is 0.286 e. The van der Waals surface area contributed by atoms with Crippen molar-refractivity contribution in [3.63, 3.8) is 0 Å². The van der Waals surface area contributed by atoms with Crippen LogP contribution in [0.4, 0.5) is 5.69 Å². The highest BCUT2D eigenvalue weighted by Crippen LogP contribution is 2.07. The van der Waals surface area contributed by atoms with Gasteiger partial charge in [0.15, 0.2) is 0 Å². The first kappa shape index (κ1) is 8.91. The summed E-state index contributed by atoms with van der Waals surface area (Å²) in [5.74, 6) is -0.995. The molecule has 0 radical (unpaired) electrons. The minimum Gasteiger partial charge on any atom is -0.365 e. The molecule has 0 saturated carbocycles. The number of aromatic amines is 1. The van der Waals surface area contributed by atoms with Crippen LogP contribution >= 0.6 is 0 Å². The molecule has 13 heavy (non-hydrogen) atoms. The van der Waals surface area contributed by atoms with E-state index in [1.807, 2.05) is 4.98 Å². The molecule has 0 bridgehead atoms. The SMILES string of the molecule is NC(=O)c1cc([N+](=O)[O-])c[nH]c1=O. The van der Waals surface area contributed by atoms with Gasteiger partial charge in [-0.1, -0.05) is 0 Å². The Hall–Kier alpha value is -2.18. The van der Waals surface area contributed by atoms with Gasteiger partial charge in [-0.05, 0) is 0 Å². The van der Waals surface area contributed by atoms with Gasteiger partial charge in [-0.25, -0.2) is 0 Å². The van der Waals surface area contributed by atoms with Gasteiger partial charge in [0.1, 0.15) is 5.56 Å². The van der Waals surface area contributed by atoms with Gasteiger partial charge in [-0.2, -0.15) is 0 Å². The van der Waals surface area contributed by atoms with E-state index in [4.69, 9.17) is 5.73 Å². The Morgan fingerprint density at radius 3 is 2.69 bits per heavy atom. The van der Waals surface area contributed by atoms with E-state index in [0.717, 1.165) is 12.3 Å². The summed E-state index contributed by atoms with van der Waals surface area (Å²) in [6.07, 6.45) is 0.898. The molecule has 1 heterocycles. The highest BCUT2D eigenvalue weighted by molar-refractivity contribution is 5.92. The summed E-state index contributed by atoms with van der Waals surface area (Å²) in [5.41, 5.74) is 3.26. The van der Waals surface area contributed by atoms with Crippen molar-refractivity contribution in [3.8, 4) is 0 Å². The van der Waals surface area contributed by atoms with Crippen LogP contribution in [0.15, 0.2) is 17.1 Å². The van der Waals surface area contributed by atoms with Crippen LogP contribution in [0.3, 0.4) is 0 Å². The maximum Gasteiger partial charge on any atom is 0.286 e. The van der Waals surface area contributed by atoms with Gasteiger partial charge in [0.25, 0.3) is 17.2 Å². The number of carbonyl (C=O) groups excluding carboxylic acids is 1. The van der Waals surface area contributed by atoms with E-state index in [1.165, 1.54) is 0 Å². The van der Waals surface area contributed by atoms with Crippen LogP contribution in [0, 0.1) is 10.1 Å². The average molecular weight is 183 g/mol. The molecule has 1 amide bonds. The Balaban J connectivity index is 3.35. The molecule has 3 N–H and O–H groups in total. The third kappa shape index (κ3) is 1.70. The fourth-order valence-corrected chi connectivity index (χ4v) is 0.761. The Kier molecular flexibility index (Phi) is 2.09. The minimum absolute atomic E-state index is 0.381. The van der Waals surface area contributed by atoms with Gasteiger partial charge in [-0.3, -0.25) is 19.7 Å². The second-order valence-electron chi connectivity index (χ2n) is 2.22. The van der Waals surface area contributed by atoms with Gasteiger partial charge in [0.2, 0.25) is 0 Å². The number of carbonyl (C=O) groups is 1. The van der Waals surface area contributed by atoms with Crippen molar-refractivity contribution in [1.29, 1.82) is 0 Å². The molecule has 1 aromatic rings. The van der Waals surface area contributed by atoms with Gasteiger partial charge in [-0.15, -0.1) is 0 Å². The van der Waals surface area contributed by atoms with E-state index < -0.39 is 22.0 Å². The molecule has 0 aliphatic heterocycles. The quantitative estimate of drug-likeness (QED) is 0.469. The molecule has 1 rings (SSSR count). The zero-order chi connectivity index (χ0) is 10.0. The van der Waals surface area contributed by atoms with Crippen molar-refractivity contribution >= 4 is 11.6 Å². The van der Waals surface area contributed by atoms with Crippen molar-refractivity contribution in [2.75, 3.05) is 0 Å². The van der Waals surface area contributed by atoms with Crippen LogP contribution in [0.25, 0.3) is 0 Å². The second-order valence-corrected chi connectivity index (χ2v) is 2.22. The lowest BCUT2D eigenvalue weighted by Crippen LogP contribution is -2.23. The maximum atomic E-state index is 10.9. The van der Waals surface area contributed by atoms with Gasteiger partial charge in [0, 0.05) is 6.07 Å². The number of nitro groups is 1. The van der Waals surface area contributed by atoms with Crippen LogP contribution in [0.5, 0.6) is 0 Å². The summed E-state index contributed by atoms with van der Waals surface area (Å²) >= 11 is 0. The molecule has 0 atom stereocenters. The van der Waals surface area contributed by atoms with Crippen molar-refractivity contribution < 1.29 is 9.72 Å². The highest BCUT2D eigenvalue weighted by atomic mass is 16.6. The molecule has 0 spiro atoms. The van der Waals surface area contributed by atoms with E-state index in [0.29, 0.717) is 0 Å². The Morgan fingerprint density at radius 2 is 2.23 bits per heavy atom. The van der Waals surface area contributed by atoms with E-state index in [9.17, 15) is 19.7 Å². The third-order valence-corrected chi connectivity index (χ3v) is 1.36. The summed E-state index contributed by atoms with van der Waals surface area (Å²) in [6, 6.07) is 0.834. The zero-order valence-corrected chi connectivity index (χ0v) is 6.31. The van der Waals surface area contributed by atoms with Crippen molar-refractivity contribution in [2.24, 2.45) is 5.73 Å². The molecular weight excluding hydrogens is 178 g/mol. The lowest BCUT2D eigenvalue weighted by Gasteiger charge is -1.93. The van der Waals surface area contributed by atoms with Crippen LogP contribution in [0.1, 0.15) is 10.4 Å². The van der Waals surface area contributed by atoms with Crippen molar-refractivity contribution in [2.45, 2.75) is 0 Å². The molecule has 1 aromatic heterocycles. The number of nitrogens with two attached hydrogens (primary N) is 1. The lowest BCUT2D eigenvalue weighted by molar-refractivity contribution is -0.385. The summed E-state index contributed by atoms with van der Waals surface area (Å²) in [5, 5.41) is 10.2. The van der Waals surface area contributed by atoms with E-state index in [1.54, 1.807) is 0 Å². The number of nitrogens with zero attached hydrogens (tertiary/aromatic N) is 1. The van der Waals surface area contributed by atoms with E-state index in [-0.39, 0.29) is 5.69 Å². The fourth-order valence-electron chi connectivity index (χ4n) is 0.761. The normalized spacial score (nSPS) is 9.54. The van der Waals surface area contributed by atoms with E-state index >= 15 is 0 Å². The number of primary amides is 1. The van der Waals surface area contributed by atoms with Crippen molar-refractivity contribution in [1.82, 2.24) is 4.98 Å². The Labute approximate surface area is 71.3 Å². The Bertz CT molecular complexity index is 422. The molecule has 0 aliphatic rings. The third-order valence-electron chi connectivity index (χ3n) is 1.36. The molecule has 68 valence electrons. The first-order valence-corrected chi connectivity index (χ1v) is 3.19. The van der Waals surface area contributed by atoms with Crippen molar-refractivity contribution in [3.05, 3.63) is 38.3 Å². The number of nitrogens with one attached hydrogen (secondary N) is 1. The molecular formula is C6H5N3O4. The molecule has 0 aliphatic carbocycles. The highest BCUT2D eigenvalue weighted by Gasteiger charge is 2.12. The molecule has 0 unspecified atom stereocenters. The molecule has 7 heteroatoms. The predicted octanol–water partition coefficient (Wildman–Crippen LogP) is -0.618. The maximum absolute atomic E-state index is 10.9. The lowest BCUT2D eigenvalue weighted by atomic mass is 10.2. The van der Waals surface area contributed by atoms with Crippen LogP contribution in [0.2, 0.25) is 0 Å². The molecule has 7 nitrogen and oxygen atoms in total. The number of aromatic nitrogens is 1. The largest absolute Gasteiger partial charge is 0.365 e.